The fourth-order valence-corrected chi connectivity index (χ4v) is 3.89. The Bertz CT molecular complexity index is 674. The lowest BCUT2D eigenvalue weighted by atomic mass is 10.2. The predicted molar refractivity (Wildman–Crippen MR) is 90.0 cm³/mol. The lowest BCUT2D eigenvalue weighted by Crippen LogP contribution is -3.14. The van der Waals surface area contributed by atoms with Gasteiger partial charge in [0, 0.05) is 10.7 Å². The number of hydrogen-bond acceptors (Lipinski definition) is 4. The summed E-state index contributed by atoms with van der Waals surface area (Å²) in [7, 11) is 0. The Labute approximate surface area is 138 Å². The number of piperazine rings is 1. The summed E-state index contributed by atoms with van der Waals surface area (Å²) in [5.41, 5.74) is 1.21. The first-order valence-corrected chi connectivity index (χ1v) is 8.61. The quantitative estimate of drug-likeness (QED) is 0.865. The Hall–Kier alpha value is -0.950. The average Bonchev–Trinajstić information content (AvgIpc) is 2.78. The van der Waals surface area contributed by atoms with Crippen LogP contribution in [0.2, 0.25) is 5.02 Å². The van der Waals surface area contributed by atoms with E-state index in [9.17, 15) is 0 Å². The number of halogens is 1. The van der Waals surface area contributed by atoms with Crippen LogP contribution in [-0.2, 0) is 6.67 Å². The van der Waals surface area contributed by atoms with E-state index in [-0.39, 0.29) is 0 Å². The number of rotatable bonds is 3. The molecule has 0 atom stereocenters. The third-order valence-electron chi connectivity index (χ3n) is 3.72. The van der Waals surface area contributed by atoms with Crippen molar-refractivity contribution in [3.63, 3.8) is 0 Å². The molecule has 3 rings (SSSR count). The molecule has 0 unspecified atom stereocenters. The summed E-state index contributed by atoms with van der Waals surface area (Å²) >= 11 is 13.0. The van der Waals surface area contributed by atoms with Gasteiger partial charge in [0.05, 0.1) is 26.2 Å². The topological polar surface area (TPSA) is 25.5 Å². The number of benzene rings is 1. The van der Waals surface area contributed by atoms with Crippen LogP contribution in [-0.4, -0.2) is 36.0 Å². The maximum atomic E-state index is 6.07. The van der Waals surface area contributed by atoms with Crippen LogP contribution in [0.4, 0.5) is 5.69 Å². The summed E-state index contributed by atoms with van der Waals surface area (Å²) in [5.74, 6) is 0. The van der Waals surface area contributed by atoms with Gasteiger partial charge in [-0.1, -0.05) is 29.0 Å². The molecule has 0 saturated carbocycles. The molecule has 1 N–H and O–H groups in total. The summed E-state index contributed by atoms with van der Waals surface area (Å²) < 4.78 is 2.83. The third-order valence-corrected chi connectivity index (χ3v) is 5.18. The molecule has 1 aromatic carbocycles. The van der Waals surface area contributed by atoms with E-state index in [2.05, 4.69) is 16.1 Å². The van der Waals surface area contributed by atoms with Crippen LogP contribution in [0.15, 0.2) is 24.3 Å². The predicted octanol–water partition coefficient (Wildman–Crippen LogP) is 2.00. The Balaban J connectivity index is 1.60. The molecular weight excluding hydrogens is 324 g/mol. The van der Waals surface area contributed by atoms with Crippen molar-refractivity contribution >= 4 is 40.8 Å². The van der Waals surface area contributed by atoms with Crippen molar-refractivity contribution in [3.8, 4) is 0 Å². The molecule has 1 aliphatic rings. The smallest absolute Gasteiger partial charge is 0.184 e. The van der Waals surface area contributed by atoms with Crippen LogP contribution in [0.25, 0.3) is 0 Å². The number of nitrogens with zero attached hydrogens (tertiary/aromatic N) is 3. The molecule has 112 valence electrons. The molecule has 0 radical (unpaired) electrons. The van der Waals surface area contributed by atoms with Crippen LogP contribution in [0.3, 0.4) is 0 Å². The number of quaternary nitrogens is 1. The first-order valence-electron chi connectivity index (χ1n) is 7.00. The summed E-state index contributed by atoms with van der Waals surface area (Å²) in [6.07, 6.45) is 0. The molecule has 1 aromatic heterocycles. The van der Waals surface area contributed by atoms with Gasteiger partial charge in [0.25, 0.3) is 0 Å². The minimum absolute atomic E-state index is 0.798. The molecule has 1 fully saturated rings. The van der Waals surface area contributed by atoms with Gasteiger partial charge < -0.3 is 9.80 Å². The Morgan fingerprint density at radius 2 is 2.14 bits per heavy atom. The second-order valence-corrected chi connectivity index (χ2v) is 7.52. The zero-order chi connectivity index (χ0) is 14.8. The third kappa shape index (κ3) is 3.63. The summed E-state index contributed by atoms with van der Waals surface area (Å²) in [5, 5.41) is 6.31. The lowest BCUT2D eigenvalue weighted by molar-refractivity contribution is -0.924. The molecule has 1 saturated heterocycles. The highest BCUT2D eigenvalue weighted by Crippen LogP contribution is 2.19. The molecule has 7 heteroatoms. The molecule has 2 aromatic rings. The van der Waals surface area contributed by atoms with Crippen molar-refractivity contribution in [3.05, 3.63) is 38.3 Å². The zero-order valence-electron chi connectivity index (χ0n) is 11.9. The second kappa shape index (κ2) is 6.44. The molecule has 0 aliphatic carbocycles. The van der Waals surface area contributed by atoms with Gasteiger partial charge in [0.2, 0.25) is 0 Å². The van der Waals surface area contributed by atoms with E-state index < -0.39 is 0 Å². The number of aryl methyl sites for hydroxylation is 1. The van der Waals surface area contributed by atoms with E-state index in [1.165, 1.54) is 10.6 Å². The van der Waals surface area contributed by atoms with Crippen molar-refractivity contribution in [1.82, 2.24) is 9.78 Å². The van der Waals surface area contributed by atoms with E-state index in [1.807, 2.05) is 29.8 Å². The normalized spacial score (nSPS) is 16.4. The van der Waals surface area contributed by atoms with Gasteiger partial charge >= 0.3 is 0 Å². The molecular formula is C14H18ClN4S2+. The molecule has 1 aliphatic heterocycles. The number of nitrogens with one attached hydrogen (secondary N) is 1. The molecule has 21 heavy (non-hydrogen) atoms. The Morgan fingerprint density at radius 1 is 1.38 bits per heavy atom. The number of anilines is 1. The monoisotopic (exact) mass is 341 g/mol. The Kier molecular flexibility index (Phi) is 4.59. The summed E-state index contributed by atoms with van der Waals surface area (Å²) in [4.78, 5) is 3.91. The van der Waals surface area contributed by atoms with Gasteiger partial charge in [0.15, 0.2) is 10.6 Å². The highest BCUT2D eigenvalue weighted by Gasteiger charge is 2.21. The van der Waals surface area contributed by atoms with Crippen molar-refractivity contribution in [2.45, 2.75) is 13.6 Å². The molecule has 0 spiro atoms. The van der Waals surface area contributed by atoms with Crippen molar-refractivity contribution in [1.29, 1.82) is 0 Å². The standard InChI is InChI=1S/C14H17ClN4S2/c1-11-16-19(14(20)21-11)10-17-5-7-18(8-6-17)13-4-2-3-12(15)9-13/h2-4,9H,5-8,10H2,1H3/p+1. The van der Waals surface area contributed by atoms with E-state index in [0.717, 1.165) is 46.8 Å². The van der Waals surface area contributed by atoms with Gasteiger partial charge in [-0.2, -0.15) is 9.78 Å². The minimum atomic E-state index is 0.798. The first kappa shape index (κ1) is 15.0. The minimum Gasteiger partial charge on any atom is -0.360 e. The van der Waals surface area contributed by atoms with E-state index in [1.54, 1.807) is 11.3 Å². The Morgan fingerprint density at radius 3 is 2.76 bits per heavy atom. The fourth-order valence-electron chi connectivity index (χ4n) is 2.63. The van der Waals surface area contributed by atoms with Gasteiger partial charge in [-0.25, -0.2) is 0 Å². The van der Waals surface area contributed by atoms with Crippen LogP contribution in [0, 0.1) is 10.9 Å². The number of hydrogen-bond donors (Lipinski definition) is 1. The van der Waals surface area contributed by atoms with Gasteiger partial charge in [-0.15, -0.1) is 0 Å². The molecule has 2 heterocycles. The van der Waals surface area contributed by atoms with Crippen LogP contribution in [0.5, 0.6) is 0 Å². The first-order chi connectivity index (χ1) is 10.1. The average molecular weight is 342 g/mol. The van der Waals surface area contributed by atoms with Crippen LogP contribution >= 0.6 is 35.2 Å². The fraction of sp³-hybridized carbons (Fsp3) is 0.429. The van der Waals surface area contributed by atoms with Crippen LogP contribution in [0.1, 0.15) is 5.01 Å². The van der Waals surface area contributed by atoms with E-state index >= 15 is 0 Å². The van der Waals surface area contributed by atoms with Gasteiger partial charge in [0.1, 0.15) is 5.01 Å². The van der Waals surface area contributed by atoms with Crippen molar-refractivity contribution < 1.29 is 4.90 Å². The highest BCUT2D eigenvalue weighted by molar-refractivity contribution is 7.73. The molecule has 4 nitrogen and oxygen atoms in total. The lowest BCUT2D eigenvalue weighted by Gasteiger charge is -2.33. The van der Waals surface area contributed by atoms with E-state index in [4.69, 9.17) is 23.8 Å². The maximum absolute atomic E-state index is 6.07. The molecule has 0 amide bonds. The number of aromatic nitrogens is 2. The van der Waals surface area contributed by atoms with Crippen LogP contribution < -0.4 is 9.80 Å². The zero-order valence-corrected chi connectivity index (χ0v) is 14.3. The molecule has 0 bridgehead atoms. The summed E-state index contributed by atoms with van der Waals surface area (Å²) in [6, 6.07) is 8.08. The second-order valence-electron chi connectivity index (χ2n) is 5.26. The highest BCUT2D eigenvalue weighted by atomic mass is 35.5. The largest absolute Gasteiger partial charge is 0.360 e. The maximum Gasteiger partial charge on any atom is 0.184 e. The van der Waals surface area contributed by atoms with Crippen molar-refractivity contribution in [2.24, 2.45) is 0 Å². The van der Waals surface area contributed by atoms with E-state index in [0.29, 0.717) is 0 Å². The van der Waals surface area contributed by atoms with Crippen molar-refractivity contribution in [2.75, 3.05) is 31.1 Å². The summed E-state index contributed by atoms with van der Waals surface area (Å²) in [6.45, 7) is 7.11. The SMILES string of the molecule is Cc1nn(C[NH+]2CCN(c3cccc(Cl)c3)CC2)c(=S)s1. The van der Waals surface area contributed by atoms with Gasteiger partial charge in [-0.3, -0.25) is 0 Å². The van der Waals surface area contributed by atoms with Gasteiger partial charge in [-0.05, 0) is 37.3 Å².